The second-order valence-electron chi connectivity index (χ2n) is 12.0. The zero-order valence-corrected chi connectivity index (χ0v) is 23.2. The molecular formula is C32H48N2O4. The number of amides is 2. The highest BCUT2D eigenvalue weighted by Gasteiger charge is 2.56. The Labute approximate surface area is 229 Å². The fraction of sp³-hybridized carbons (Fsp3) is 0.719. The molecule has 4 atom stereocenters. The number of carbonyl (C=O) groups excluding carboxylic acids is 3. The highest BCUT2D eigenvalue weighted by Crippen LogP contribution is 2.52. The second kappa shape index (κ2) is 14.3. The lowest BCUT2D eigenvalue weighted by Crippen LogP contribution is -2.59. The Balaban J connectivity index is 1.71. The summed E-state index contributed by atoms with van der Waals surface area (Å²) in [5.74, 6) is -0.607. The van der Waals surface area contributed by atoms with Gasteiger partial charge < -0.3 is 14.9 Å². The van der Waals surface area contributed by atoms with E-state index in [0.717, 1.165) is 63.3 Å². The molecule has 0 aromatic carbocycles. The molecule has 3 aliphatic heterocycles. The number of aliphatic hydroxyl groups excluding tert-OH is 1. The van der Waals surface area contributed by atoms with Gasteiger partial charge in [0.05, 0.1) is 6.10 Å². The number of aliphatic hydroxyl groups is 1. The summed E-state index contributed by atoms with van der Waals surface area (Å²) in [5.41, 5.74) is 0.373. The molecule has 3 heterocycles. The van der Waals surface area contributed by atoms with E-state index in [0.29, 0.717) is 45.4 Å². The molecule has 1 aliphatic carbocycles. The fourth-order valence-corrected chi connectivity index (χ4v) is 7.15. The van der Waals surface area contributed by atoms with E-state index in [4.69, 9.17) is 0 Å². The molecule has 4 bridgehead atoms. The molecule has 38 heavy (non-hydrogen) atoms. The smallest absolute Gasteiger partial charge is 0.226 e. The number of rotatable bonds is 1. The van der Waals surface area contributed by atoms with Gasteiger partial charge in [-0.05, 0) is 57.4 Å². The van der Waals surface area contributed by atoms with Crippen molar-refractivity contribution >= 4 is 18.1 Å². The maximum atomic E-state index is 14.2. The minimum Gasteiger partial charge on any atom is -0.389 e. The zero-order valence-electron chi connectivity index (χ0n) is 23.2. The topological polar surface area (TPSA) is 77.9 Å². The molecule has 0 aromatic rings. The Kier molecular flexibility index (Phi) is 10.8. The van der Waals surface area contributed by atoms with Gasteiger partial charge in [0.1, 0.15) is 0 Å². The largest absolute Gasteiger partial charge is 0.389 e. The normalized spacial score (nSPS) is 35.9. The van der Waals surface area contributed by atoms with Crippen molar-refractivity contribution in [3.63, 3.8) is 0 Å². The van der Waals surface area contributed by atoms with Crippen LogP contribution in [-0.4, -0.2) is 65.3 Å². The number of ketones is 1. The van der Waals surface area contributed by atoms with Crippen LogP contribution in [-0.2, 0) is 14.4 Å². The van der Waals surface area contributed by atoms with Crippen LogP contribution in [0.3, 0.4) is 0 Å². The number of hydrogen-bond donors (Lipinski definition) is 1. The van der Waals surface area contributed by atoms with Crippen molar-refractivity contribution in [2.45, 2.75) is 102 Å². The third-order valence-corrected chi connectivity index (χ3v) is 9.26. The maximum absolute atomic E-state index is 14.2. The van der Waals surface area contributed by atoms with E-state index in [-0.39, 0.29) is 23.0 Å². The number of fused-ring (bicyclic) bond motifs is 4. The number of piperidine rings is 1. The van der Waals surface area contributed by atoms with E-state index in [1.165, 1.54) is 25.7 Å². The Bertz CT molecular complexity index is 909. The molecule has 2 saturated heterocycles. The van der Waals surface area contributed by atoms with Gasteiger partial charge in [0.2, 0.25) is 12.3 Å². The Hall–Kier alpha value is -2.21. The van der Waals surface area contributed by atoms with Gasteiger partial charge >= 0.3 is 0 Å². The first-order chi connectivity index (χ1) is 18.5. The first kappa shape index (κ1) is 28.8. The average Bonchev–Trinajstić information content (AvgIpc) is 2.91. The summed E-state index contributed by atoms with van der Waals surface area (Å²) >= 11 is 0. The molecule has 210 valence electrons. The average molecular weight is 525 g/mol. The molecular weight excluding hydrogens is 476 g/mol. The fourth-order valence-electron chi connectivity index (χ4n) is 7.15. The molecule has 0 aromatic heterocycles. The van der Waals surface area contributed by atoms with E-state index in [9.17, 15) is 19.5 Å². The van der Waals surface area contributed by atoms with Crippen LogP contribution in [0, 0.1) is 17.3 Å². The summed E-state index contributed by atoms with van der Waals surface area (Å²) in [7, 11) is 0. The minimum absolute atomic E-state index is 0.0402. The highest BCUT2D eigenvalue weighted by molar-refractivity contribution is 6.03. The van der Waals surface area contributed by atoms with Gasteiger partial charge in [-0.15, -0.1) is 0 Å². The van der Waals surface area contributed by atoms with Crippen LogP contribution in [0.25, 0.3) is 0 Å². The molecule has 0 radical (unpaired) electrons. The molecule has 1 saturated carbocycles. The van der Waals surface area contributed by atoms with Gasteiger partial charge in [0, 0.05) is 49.0 Å². The van der Waals surface area contributed by atoms with Crippen LogP contribution >= 0.6 is 0 Å². The van der Waals surface area contributed by atoms with Crippen LogP contribution < -0.4 is 0 Å². The van der Waals surface area contributed by atoms with E-state index in [1.54, 1.807) is 4.90 Å². The highest BCUT2D eigenvalue weighted by atomic mass is 16.3. The molecule has 6 heteroatoms. The van der Waals surface area contributed by atoms with Crippen LogP contribution in [0.5, 0.6) is 0 Å². The van der Waals surface area contributed by atoms with Crippen molar-refractivity contribution < 1.29 is 19.5 Å². The third-order valence-electron chi connectivity index (χ3n) is 9.26. The molecule has 6 nitrogen and oxygen atoms in total. The predicted octanol–water partition coefficient (Wildman–Crippen LogP) is 5.37. The monoisotopic (exact) mass is 524 g/mol. The molecule has 0 unspecified atom stereocenters. The van der Waals surface area contributed by atoms with Gasteiger partial charge in [-0.1, -0.05) is 69.2 Å². The second-order valence-corrected chi connectivity index (χ2v) is 12.0. The van der Waals surface area contributed by atoms with Gasteiger partial charge in [-0.2, -0.15) is 0 Å². The zero-order chi connectivity index (χ0) is 26.8. The molecule has 1 N–H and O–H groups in total. The first-order valence-electron chi connectivity index (χ1n) is 15.3. The molecule has 1 spiro atoms. The van der Waals surface area contributed by atoms with Crippen molar-refractivity contribution in [1.29, 1.82) is 0 Å². The lowest BCUT2D eigenvalue weighted by Gasteiger charge is -2.53. The van der Waals surface area contributed by atoms with Crippen molar-refractivity contribution in [1.82, 2.24) is 9.80 Å². The quantitative estimate of drug-likeness (QED) is 0.370. The van der Waals surface area contributed by atoms with Crippen molar-refractivity contribution in [3.8, 4) is 0 Å². The summed E-state index contributed by atoms with van der Waals surface area (Å²) < 4.78 is 0. The van der Waals surface area contributed by atoms with E-state index in [2.05, 4.69) is 18.2 Å². The Morgan fingerprint density at radius 1 is 0.842 bits per heavy atom. The summed E-state index contributed by atoms with van der Waals surface area (Å²) in [5, 5.41) is 11.0. The third kappa shape index (κ3) is 7.25. The number of allylic oxidation sites excluding steroid dienone is 3. The molecule has 2 amide bonds. The van der Waals surface area contributed by atoms with Crippen molar-refractivity contribution in [3.05, 3.63) is 36.0 Å². The van der Waals surface area contributed by atoms with Gasteiger partial charge in [0.15, 0.2) is 5.78 Å². The Morgan fingerprint density at radius 3 is 2.37 bits per heavy atom. The van der Waals surface area contributed by atoms with Gasteiger partial charge in [0.25, 0.3) is 0 Å². The lowest BCUT2D eigenvalue weighted by molar-refractivity contribution is -0.153. The summed E-state index contributed by atoms with van der Waals surface area (Å²) in [6.07, 6.45) is 24.8. The van der Waals surface area contributed by atoms with Crippen LogP contribution in [0.2, 0.25) is 0 Å². The molecule has 4 rings (SSSR count). The van der Waals surface area contributed by atoms with Crippen LogP contribution in [0.4, 0.5) is 0 Å². The SMILES string of the molecule is O=CN1CCCCCCCCCC[C@@]23C[C@@H]4C(=O)N(CCC/C=C\C/C=C\C[C@@H](O)/C=C/2C(=O)[C@@H]4CC1)C3. The van der Waals surface area contributed by atoms with Crippen molar-refractivity contribution in [2.24, 2.45) is 17.3 Å². The summed E-state index contributed by atoms with van der Waals surface area (Å²) in [6.45, 7) is 2.49. The van der Waals surface area contributed by atoms with Crippen molar-refractivity contribution in [2.75, 3.05) is 26.2 Å². The standard InChI is InChI=1S/C32H48N2O4/c35-25-33-19-14-10-6-2-1-5-9-13-18-32-23-28-27(17-21-33)30(37)29(32)22-26(36)16-12-8-4-3-7-11-15-20-34(24-32)31(28)38/h3,7-8,12,22,25-28,36H,1-2,4-6,9-11,13-21,23-24H2/b7-3-,12-8-,29-22+/t26-,27-,28+,32+/m1/s1. The van der Waals surface area contributed by atoms with E-state index >= 15 is 0 Å². The van der Waals surface area contributed by atoms with Gasteiger partial charge in [-0.25, -0.2) is 0 Å². The first-order valence-corrected chi connectivity index (χ1v) is 15.3. The minimum atomic E-state index is -0.722. The number of carbonyl (C=O) groups is 3. The van der Waals surface area contributed by atoms with Gasteiger partial charge in [-0.3, -0.25) is 14.4 Å². The summed E-state index contributed by atoms with van der Waals surface area (Å²) in [6, 6.07) is 0. The number of hydrogen-bond acceptors (Lipinski definition) is 4. The van der Waals surface area contributed by atoms with E-state index in [1.807, 2.05) is 17.1 Å². The van der Waals surface area contributed by atoms with Crippen LogP contribution in [0.15, 0.2) is 36.0 Å². The summed E-state index contributed by atoms with van der Waals surface area (Å²) in [4.78, 5) is 43.7. The molecule has 3 fully saturated rings. The number of Topliss-reactive ketones (excluding diaryl/α,β-unsaturated/α-hetero) is 1. The van der Waals surface area contributed by atoms with Crippen LogP contribution in [0.1, 0.15) is 96.3 Å². The van der Waals surface area contributed by atoms with E-state index < -0.39 is 12.0 Å². The maximum Gasteiger partial charge on any atom is 0.226 e. The number of nitrogens with zero attached hydrogens (tertiary/aromatic N) is 2. The lowest BCUT2D eigenvalue weighted by atomic mass is 9.56. The Morgan fingerprint density at radius 2 is 1.58 bits per heavy atom. The molecule has 4 aliphatic rings. The predicted molar refractivity (Wildman–Crippen MR) is 150 cm³/mol.